The van der Waals surface area contributed by atoms with E-state index in [1.165, 1.54) is 26.0 Å². The number of piperidine rings is 1. The van der Waals surface area contributed by atoms with Gasteiger partial charge >= 0.3 is 5.69 Å². The maximum Gasteiger partial charge on any atom is 0.329 e. The maximum absolute atomic E-state index is 14.3. The van der Waals surface area contributed by atoms with Crippen LogP contribution in [0.5, 0.6) is 0 Å². The summed E-state index contributed by atoms with van der Waals surface area (Å²) in [6.45, 7) is 4.36. The monoisotopic (exact) mass is 851 g/mol. The Kier molecular flexibility index (Phi) is 10.6. The van der Waals surface area contributed by atoms with Gasteiger partial charge in [0.2, 0.25) is 11.8 Å². The number of rotatable bonds is 9. The fraction of sp³-hybridized carbons (Fsp3) is 0.512. The Bertz CT molecular complexity index is 2690. The molecule has 5 aromatic rings. The molecule has 1 saturated carbocycles. The predicted octanol–water partition coefficient (Wildman–Crippen LogP) is 3.60. The molecule has 4 aromatic heterocycles. The van der Waals surface area contributed by atoms with Gasteiger partial charge in [0.15, 0.2) is 11.3 Å². The molecule has 10 rings (SSSR count). The quantitative estimate of drug-likeness (QED) is 0.164. The number of nitrogens with one attached hydrogen (secondary N) is 2. The highest BCUT2D eigenvalue weighted by molar-refractivity contribution is 6.08. The van der Waals surface area contributed by atoms with Crippen LogP contribution in [0, 0.1) is 17.8 Å². The predicted molar refractivity (Wildman–Crippen MR) is 221 cm³/mol. The number of alkyl halides is 2. The molecule has 2 bridgehead atoms. The Morgan fingerprint density at radius 1 is 1.06 bits per heavy atom. The van der Waals surface area contributed by atoms with Crippen molar-refractivity contribution in [1.29, 1.82) is 0 Å². The molecule has 3 amide bonds. The summed E-state index contributed by atoms with van der Waals surface area (Å²) in [6, 6.07) is 6.71. The fourth-order valence-corrected chi connectivity index (χ4v) is 9.96. The minimum absolute atomic E-state index is 0.0227. The van der Waals surface area contributed by atoms with Crippen molar-refractivity contribution in [3.8, 4) is 11.8 Å². The summed E-state index contributed by atoms with van der Waals surface area (Å²) in [5.41, 5.74) is 1.59. The number of amides is 3. The first-order valence-corrected chi connectivity index (χ1v) is 21.4. The Labute approximate surface area is 354 Å². The third-order valence-electron chi connectivity index (χ3n) is 13.1. The van der Waals surface area contributed by atoms with E-state index in [1.54, 1.807) is 24.0 Å². The molecule has 5 fully saturated rings. The molecule has 5 aliphatic rings. The van der Waals surface area contributed by atoms with Gasteiger partial charge in [0.05, 0.1) is 66.0 Å². The summed E-state index contributed by atoms with van der Waals surface area (Å²) in [5, 5.41) is 13.6. The van der Waals surface area contributed by atoms with Gasteiger partial charge in [-0.1, -0.05) is 17.9 Å². The van der Waals surface area contributed by atoms with E-state index in [2.05, 4.69) is 42.5 Å². The van der Waals surface area contributed by atoms with Crippen LogP contribution in [0.4, 0.5) is 20.3 Å². The summed E-state index contributed by atoms with van der Waals surface area (Å²) in [7, 11) is 1.66. The van der Waals surface area contributed by atoms with Crippen LogP contribution in [-0.2, 0) is 26.1 Å². The molecule has 1 aliphatic carbocycles. The Balaban J connectivity index is 0.746. The maximum atomic E-state index is 14.3. The normalized spacial score (nSPS) is 25.5. The standard InChI is InChI=1S/C43H47F2N11O6/c1-51-38-26(5-3-7-33(38)56(43(51)60)34-12-13-36(57)49-42(34)59)4-2-6-29-21-52(16-17-61-29)20-25-8-10-27(11-9-25)55-23-32(37(50-55)39(44)45)47-41(58)31-19-46-54-15-14-35(48-40(31)54)53-22-30-18-28(53)24-62-30/h3,5,7,14-15,19,23,25,27-30,34,39H,6,8-13,16-18,20-22,24H2,1H3,(H,47,58)(H,49,57,59)/t25?,27?,28-,29-,30-,34?/m1/s1. The molecule has 4 atom stereocenters. The van der Waals surface area contributed by atoms with E-state index >= 15 is 0 Å². The highest BCUT2D eigenvalue weighted by Gasteiger charge is 2.40. The minimum atomic E-state index is -2.88. The number of halogens is 2. The molecule has 2 N–H and O–H groups in total. The molecule has 1 aromatic carbocycles. The molecule has 4 saturated heterocycles. The minimum Gasteiger partial charge on any atom is -0.375 e. The summed E-state index contributed by atoms with van der Waals surface area (Å²) >= 11 is 0. The van der Waals surface area contributed by atoms with Gasteiger partial charge < -0.3 is 19.7 Å². The van der Waals surface area contributed by atoms with E-state index in [9.17, 15) is 28.0 Å². The van der Waals surface area contributed by atoms with E-state index in [1.807, 2.05) is 18.2 Å². The number of carbonyl (C=O) groups is 3. The van der Waals surface area contributed by atoms with Gasteiger partial charge in [0.25, 0.3) is 12.3 Å². The van der Waals surface area contributed by atoms with Crippen molar-refractivity contribution >= 4 is 45.9 Å². The average molecular weight is 852 g/mol. The van der Waals surface area contributed by atoms with Crippen molar-refractivity contribution in [2.45, 2.75) is 88.1 Å². The van der Waals surface area contributed by atoms with Crippen LogP contribution in [0.1, 0.15) is 91.5 Å². The average Bonchev–Trinajstić information content (AvgIpc) is 4.12. The van der Waals surface area contributed by atoms with Gasteiger partial charge in [-0.3, -0.25) is 38.4 Å². The molecular weight excluding hydrogens is 805 g/mol. The second-order valence-electron chi connectivity index (χ2n) is 17.1. The Morgan fingerprint density at radius 2 is 1.92 bits per heavy atom. The molecule has 17 nitrogen and oxygen atoms in total. The first-order chi connectivity index (χ1) is 30.1. The summed E-state index contributed by atoms with van der Waals surface area (Å²) in [4.78, 5) is 60.6. The number of imide groups is 1. The number of carbonyl (C=O) groups excluding carboxylic acids is 3. The third-order valence-corrected chi connectivity index (χ3v) is 13.1. The topological polar surface area (TPSA) is 175 Å². The highest BCUT2D eigenvalue weighted by Crippen LogP contribution is 2.36. The van der Waals surface area contributed by atoms with E-state index in [0.717, 1.165) is 64.1 Å². The number of benzene rings is 1. The van der Waals surface area contributed by atoms with Crippen LogP contribution >= 0.6 is 0 Å². The van der Waals surface area contributed by atoms with Crippen molar-refractivity contribution < 1.29 is 32.6 Å². The molecule has 62 heavy (non-hydrogen) atoms. The second kappa shape index (κ2) is 16.4. The first-order valence-electron chi connectivity index (χ1n) is 21.4. The van der Waals surface area contributed by atoms with Crippen LogP contribution in [0.2, 0.25) is 0 Å². The molecule has 4 aliphatic heterocycles. The third kappa shape index (κ3) is 7.53. The van der Waals surface area contributed by atoms with Gasteiger partial charge in [0, 0.05) is 58.5 Å². The number of hydrogen-bond donors (Lipinski definition) is 2. The lowest BCUT2D eigenvalue weighted by molar-refractivity contribution is -0.135. The number of aryl methyl sites for hydroxylation is 1. The summed E-state index contributed by atoms with van der Waals surface area (Å²) in [5.74, 6) is 6.25. The molecular formula is C43H47F2N11O6. The Morgan fingerprint density at radius 3 is 2.69 bits per heavy atom. The first kappa shape index (κ1) is 40.1. The van der Waals surface area contributed by atoms with Gasteiger partial charge in [-0.15, -0.1) is 0 Å². The molecule has 1 unspecified atom stereocenters. The van der Waals surface area contributed by atoms with Crippen LogP contribution in [0.3, 0.4) is 0 Å². The number of nitrogens with zero attached hydrogens (tertiary/aromatic N) is 9. The van der Waals surface area contributed by atoms with E-state index in [-0.39, 0.29) is 60.0 Å². The van der Waals surface area contributed by atoms with Gasteiger partial charge in [-0.2, -0.15) is 10.2 Å². The zero-order chi connectivity index (χ0) is 42.6. The summed E-state index contributed by atoms with van der Waals surface area (Å²) < 4.78 is 46.5. The second-order valence-corrected chi connectivity index (χ2v) is 17.1. The Hall–Kier alpha value is -5.97. The van der Waals surface area contributed by atoms with Crippen LogP contribution in [0.15, 0.2) is 47.7 Å². The van der Waals surface area contributed by atoms with Crippen molar-refractivity contribution in [2.24, 2.45) is 13.0 Å². The number of anilines is 2. The van der Waals surface area contributed by atoms with Crippen LogP contribution in [0.25, 0.3) is 16.7 Å². The number of fused-ring (bicyclic) bond motifs is 4. The number of hydrogen-bond acceptors (Lipinski definition) is 11. The largest absolute Gasteiger partial charge is 0.375 e. The van der Waals surface area contributed by atoms with E-state index < -0.39 is 30.0 Å². The van der Waals surface area contributed by atoms with Crippen LogP contribution in [-0.4, -0.2) is 114 Å². The van der Waals surface area contributed by atoms with Crippen molar-refractivity contribution in [3.63, 3.8) is 0 Å². The lowest BCUT2D eigenvalue weighted by atomic mass is 9.85. The lowest BCUT2D eigenvalue weighted by Gasteiger charge is -2.36. The fourth-order valence-electron chi connectivity index (χ4n) is 9.96. The van der Waals surface area contributed by atoms with E-state index in [4.69, 9.17) is 14.5 Å². The zero-order valence-corrected chi connectivity index (χ0v) is 34.2. The van der Waals surface area contributed by atoms with E-state index in [0.29, 0.717) is 47.8 Å². The van der Waals surface area contributed by atoms with Gasteiger partial charge in [-0.25, -0.2) is 23.1 Å². The van der Waals surface area contributed by atoms with Gasteiger partial charge in [0.1, 0.15) is 17.4 Å². The smallest absolute Gasteiger partial charge is 0.329 e. The summed E-state index contributed by atoms with van der Waals surface area (Å²) in [6.07, 6.45) is 7.08. The van der Waals surface area contributed by atoms with Crippen LogP contribution < -0.4 is 21.2 Å². The zero-order valence-electron chi connectivity index (χ0n) is 34.2. The van der Waals surface area contributed by atoms with Crippen molar-refractivity contribution in [3.05, 3.63) is 70.2 Å². The molecule has 19 heteroatoms. The SMILES string of the molecule is Cn1c(=O)n(C2CCC(=O)NC2=O)c2cccc(C#CC[C@@H]3CN(CC4CCC(n5cc(NC(=O)c6cnn7ccc(N8C[C@H]9C[C@@H]8CO9)nc67)c(C(F)F)n5)CC4)CCO3)c21. The number of imidazole rings is 1. The number of ether oxygens (including phenoxy) is 2. The van der Waals surface area contributed by atoms with Crippen molar-refractivity contribution in [2.75, 3.05) is 49.6 Å². The lowest BCUT2D eigenvalue weighted by Crippen LogP contribution is -2.44. The number of morpholine rings is 2. The van der Waals surface area contributed by atoms with Crippen molar-refractivity contribution in [1.82, 2.24) is 43.7 Å². The molecule has 324 valence electrons. The molecule has 0 spiro atoms. The molecule has 0 radical (unpaired) electrons. The molecule has 8 heterocycles. The highest BCUT2D eigenvalue weighted by atomic mass is 19.3. The number of para-hydroxylation sites is 1. The number of aromatic nitrogens is 7. The van der Waals surface area contributed by atoms with Gasteiger partial charge in [-0.05, 0) is 62.6 Å².